The van der Waals surface area contributed by atoms with Gasteiger partial charge in [0.05, 0.1) is 12.7 Å². The number of methoxy groups -OCH3 is 1. The molecule has 0 amide bonds. The summed E-state index contributed by atoms with van der Waals surface area (Å²) in [6.07, 6.45) is 0.0731. The van der Waals surface area contributed by atoms with E-state index in [1.807, 2.05) is 0 Å². The lowest BCUT2D eigenvalue weighted by Crippen LogP contribution is -2.33. The summed E-state index contributed by atoms with van der Waals surface area (Å²) in [4.78, 5) is 10.3. The fraction of sp³-hybridized carbons (Fsp3) is 0.125. The van der Waals surface area contributed by atoms with Gasteiger partial charge in [0.1, 0.15) is 0 Å². The maximum atomic E-state index is 13.2. The van der Waals surface area contributed by atoms with Crippen LogP contribution in [-0.4, -0.2) is 30.6 Å². The standard InChI is InChI=1S/C8H7BF2O4/c1-15-8-5(9(13)14)2-4(3-12)6(10)7(8)11/h2-3,13-14H,1H3. The van der Waals surface area contributed by atoms with Crippen molar-refractivity contribution in [3.05, 3.63) is 23.3 Å². The van der Waals surface area contributed by atoms with Crippen LogP contribution in [0.3, 0.4) is 0 Å². The molecular formula is C8H7BF2O4. The molecule has 0 aliphatic carbocycles. The van der Waals surface area contributed by atoms with E-state index in [4.69, 9.17) is 10.0 Å². The highest BCUT2D eigenvalue weighted by Gasteiger charge is 2.25. The van der Waals surface area contributed by atoms with Crippen LogP contribution >= 0.6 is 0 Å². The third-order valence-corrected chi connectivity index (χ3v) is 1.83. The Morgan fingerprint density at radius 2 is 2.00 bits per heavy atom. The lowest BCUT2D eigenvalue weighted by Gasteiger charge is -2.10. The van der Waals surface area contributed by atoms with Gasteiger partial charge in [-0.3, -0.25) is 4.79 Å². The Bertz CT molecular complexity index is 395. The van der Waals surface area contributed by atoms with Crippen molar-refractivity contribution in [2.24, 2.45) is 0 Å². The lowest BCUT2D eigenvalue weighted by atomic mass is 9.78. The smallest absolute Gasteiger partial charge is 0.492 e. The summed E-state index contributed by atoms with van der Waals surface area (Å²) in [6.45, 7) is 0. The van der Waals surface area contributed by atoms with Crippen LogP contribution < -0.4 is 10.2 Å². The zero-order valence-corrected chi connectivity index (χ0v) is 7.70. The molecular weight excluding hydrogens is 209 g/mol. The van der Waals surface area contributed by atoms with Gasteiger partial charge in [0.2, 0.25) is 5.82 Å². The van der Waals surface area contributed by atoms with Gasteiger partial charge in [-0.2, -0.15) is 4.39 Å². The van der Waals surface area contributed by atoms with Crippen molar-refractivity contribution in [3.8, 4) is 5.75 Å². The molecule has 7 heteroatoms. The van der Waals surface area contributed by atoms with Crippen molar-refractivity contribution in [1.29, 1.82) is 0 Å². The van der Waals surface area contributed by atoms with E-state index in [2.05, 4.69) is 4.74 Å². The summed E-state index contributed by atoms with van der Waals surface area (Å²) >= 11 is 0. The molecule has 0 fully saturated rings. The van der Waals surface area contributed by atoms with E-state index in [9.17, 15) is 13.6 Å². The monoisotopic (exact) mass is 216 g/mol. The van der Waals surface area contributed by atoms with E-state index in [1.54, 1.807) is 0 Å². The first-order valence-electron chi connectivity index (χ1n) is 3.90. The van der Waals surface area contributed by atoms with Gasteiger partial charge in [-0.1, -0.05) is 0 Å². The molecule has 80 valence electrons. The molecule has 0 saturated heterocycles. The van der Waals surface area contributed by atoms with Crippen molar-refractivity contribution in [2.45, 2.75) is 0 Å². The summed E-state index contributed by atoms with van der Waals surface area (Å²) in [5.41, 5.74) is -1.00. The van der Waals surface area contributed by atoms with Gasteiger partial charge in [-0.15, -0.1) is 0 Å². The Balaban J connectivity index is 3.51. The average molecular weight is 216 g/mol. The summed E-state index contributed by atoms with van der Waals surface area (Å²) in [7, 11) is -1.00. The first-order chi connectivity index (χ1) is 7.02. The van der Waals surface area contributed by atoms with Crippen LogP contribution in [0, 0.1) is 11.6 Å². The first-order valence-corrected chi connectivity index (χ1v) is 3.90. The fourth-order valence-corrected chi connectivity index (χ4v) is 1.13. The lowest BCUT2D eigenvalue weighted by molar-refractivity contribution is 0.111. The van der Waals surface area contributed by atoms with Crippen molar-refractivity contribution in [3.63, 3.8) is 0 Å². The molecule has 1 aromatic carbocycles. The Labute approximate surface area is 84.2 Å². The Morgan fingerprint density at radius 1 is 1.40 bits per heavy atom. The molecule has 0 aliphatic rings. The van der Waals surface area contributed by atoms with Crippen LogP contribution in [0.5, 0.6) is 5.75 Å². The SMILES string of the molecule is COc1c(B(O)O)cc(C=O)c(F)c1F. The average Bonchev–Trinajstić information content (AvgIpc) is 2.21. The quantitative estimate of drug-likeness (QED) is 0.526. The number of benzene rings is 1. The largest absolute Gasteiger partial charge is 0.494 e. The maximum Gasteiger partial charge on any atom is 0.492 e. The molecule has 0 radical (unpaired) electrons. The van der Waals surface area contributed by atoms with Crippen molar-refractivity contribution in [1.82, 2.24) is 0 Å². The zero-order valence-electron chi connectivity index (χ0n) is 7.70. The summed E-state index contributed by atoms with van der Waals surface area (Å²) in [5.74, 6) is -3.44. The predicted molar refractivity (Wildman–Crippen MR) is 48.1 cm³/mol. The second-order valence-corrected chi connectivity index (χ2v) is 2.71. The Morgan fingerprint density at radius 3 is 2.40 bits per heavy atom. The Hall–Kier alpha value is -1.47. The van der Waals surface area contributed by atoms with E-state index in [1.165, 1.54) is 0 Å². The van der Waals surface area contributed by atoms with E-state index >= 15 is 0 Å². The number of aldehydes is 1. The molecule has 15 heavy (non-hydrogen) atoms. The third-order valence-electron chi connectivity index (χ3n) is 1.83. The molecule has 0 saturated carbocycles. The first kappa shape index (κ1) is 11.6. The van der Waals surface area contributed by atoms with E-state index in [0.717, 1.165) is 13.2 Å². The second kappa shape index (κ2) is 4.37. The zero-order chi connectivity index (χ0) is 11.6. The number of halogens is 2. The van der Waals surface area contributed by atoms with Crippen LogP contribution in [0.25, 0.3) is 0 Å². The minimum absolute atomic E-state index is 0.0731. The van der Waals surface area contributed by atoms with Crippen molar-refractivity contribution in [2.75, 3.05) is 7.11 Å². The topological polar surface area (TPSA) is 66.8 Å². The van der Waals surface area contributed by atoms with Gasteiger partial charge < -0.3 is 14.8 Å². The Kier molecular flexibility index (Phi) is 3.38. The van der Waals surface area contributed by atoms with E-state index < -0.39 is 35.5 Å². The number of rotatable bonds is 3. The molecule has 1 rings (SSSR count). The normalized spacial score (nSPS) is 9.93. The van der Waals surface area contributed by atoms with E-state index in [-0.39, 0.29) is 6.29 Å². The summed E-state index contributed by atoms with van der Waals surface area (Å²) in [5, 5.41) is 17.7. The van der Waals surface area contributed by atoms with Gasteiger partial charge in [0, 0.05) is 5.46 Å². The fourth-order valence-electron chi connectivity index (χ4n) is 1.13. The predicted octanol–water partition coefficient (Wildman–Crippen LogP) is -0.534. The summed E-state index contributed by atoms with van der Waals surface area (Å²) < 4.78 is 30.7. The minimum Gasteiger partial charge on any atom is -0.494 e. The molecule has 1 aromatic rings. The van der Waals surface area contributed by atoms with Crippen LogP contribution in [0.2, 0.25) is 0 Å². The molecule has 2 N–H and O–H groups in total. The molecule has 0 aromatic heterocycles. The van der Waals surface area contributed by atoms with Gasteiger partial charge >= 0.3 is 7.12 Å². The van der Waals surface area contributed by atoms with Gasteiger partial charge in [0.15, 0.2) is 17.9 Å². The third kappa shape index (κ3) is 1.98. The minimum atomic E-state index is -2.05. The number of ether oxygens (including phenoxy) is 1. The molecule has 4 nitrogen and oxygen atoms in total. The van der Waals surface area contributed by atoms with Gasteiger partial charge in [0.25, 0.3) is 0 Å². The maximum absolute atomic E-state index is 13.2. The number of hydrogen-bond donors (Lipinski definition) is 2. The second-order valence-electron chi connectivity index (χ2n) is 2.71. The van der Waals surface area contributed by atoms with Crippen LogP contribution in [0.4, 0.5) is 8.78 Å². The molecule has 0 atom stereocenters. The molecule has 0 aliphatic heterocycles. The molecule has 0 spiro atoms. The van der Waals surface area contributed by atoms with Gasteiger partial charge in [-0.25, -0.2) is 4.39 Å². The van der Waals surface area contributed by atoms with Crippen LogP contribution in [0.1, 0.15) is 10.4 Å². The van der Waals surface area contributed by atoms with Crippen LogP contribution in [0.15, 0.2) is 6.07 Å². The van der Waals surface area contributed by atoms with Crippen LogP contribution in [-0.2, 0) is 0 Å². The van der Waals surface area contributed by atoms with Crippen molar-refractivity contribution < 1.29 is 28.4 Å². The number of carbonyl (C=O) groups excluding carboxylic acids is 1. The van der Waals surface area contributed by atoms with Crippen molar-refractivity contribution >= 4 is 18.9 Å². The van der Waals surface area contributed by atoms with Gasteiger partial charge in [-0.05, 0) is 6.07 Å². The number of hydrogen-bond acceptors (Lipinski definition) is 4. The highest BCUT2D eigenvalue weighted by atomic mass is 19.2. The molecule has 0 unspecified atom stereocenters. The number of carbonyl (C=O) groups is 1. The van der Waals surface area contributed by atoms with E-state index in [0.29, 0.717) is 0 Å². The summed E-state index contributed by atoms with van der Waals surface area (Å²) in [6, 6.07) is 0.814. The molecule has 0 bridgehead atoms. The molecule has 0 heterocycles. The highest BCUT2D eigenvalue weighted by Crippen LogP contribution is 2.19. The highest BCUT2D eigenvalue weighted by molar-refractivity contribution is 6.59.